The Labute approximate surface area is 179 Å². The summed E-state index contributed by atoms with van der Waals surface area (Å²) in [5.74, 6) is -3.40. The Morgan fingerprint density at radius 1 is 1.42 bits per heavy atom. The van der Waals surface area contributed by atoms with E-state index in [1.165, 1.54) is 4.40 Å². The Kier molecular flexibility index (Phi) is 6.74. The van der Waals surface area contributed by atoms with Gasteiger partial charge in [-0.1, -0.05) is 5.57 Å². The fourth-order valence-corrected chi connectivity index (χ4v) is 3.66. The molecule has 3 rings (SSSR count). The molecule has 1 aliphatic rings. The third kappa shape index (κ3) is 5.28. The molecular weight excluding hydrogens is 409 g/mol. The number of nitrogens with one attached hydrogen (secondary N) is 1. The highest BCUT2D eigenvalue weighted by molar-refractivity contribution is 5.95. The maximum atomic E-state index is 14.1. The lowest BCUT2D eigenvalue weighted by atomic mass is 9.98. The minimum atomic E-state index is -2.96. The van der Waals surface area contributed by atoms with Crippen LogP contribution in [0.5, 0.6) is 5.75 Å². The minimum Gasteiger partial charge on any atom is -0.485 e. The van der Waals surface area contributed by atoms with Crippen molar-refractivity contribution in [2.75, 3.05) is 13.2 Å². The van der Waals surface area contributed by atoms with Crippen LogP contribution in [0.15, 0.2) is 41.4 Å². The number of pyridine rings is 1. The first-order valence-corrected chi connectivity index (χ1v) is 10.1. The van der Waals surface area contributed by atoms with Gasteiger partial charge in [-0.25, -0.2) is 18.2 Å². The van der Waals surface area contributed by atoms with Crippen LogP contribution in [0.25, 0.3) is 5.65 Å². The fraction of sp³-hybridized carbons (Fsp3) is 0.455. The molecule has 3 N–H and O–H groups in total. The van der Waals surface area contributed by atoms with Gasteiger partial charge < -0.3 is 15.8 Å². The number of nitrogens with two attached hydrogens (primary N) is 1. The number of hydrogen-bond acceptors (Lipinski definition) is 4. The lowest BCUT2D eigenvalue weighted by Crippen LogP contribution is -2.43. The molecule has 1 aliphatic carbocycles. The number of ether oxygens (including phenoxy) is 1. The molecule has 2 heterocycles. The third-order valence-corrected chi connectivity index (χ3v) is 5.25. The molecule has 9 heteroatoms. The van der Waals surface area contributed by atoms with Crippen molar-refractivity contribution in [2.45, 2.75) is 52.0 Å². The molecule has 31 heavy (non-hydrogen) atoms. The molecule has 2 aromatic heterocycles. The van der Waals surface area contributed by atoms with E-state index in [1.54, 1.807) is 31.3 Å². The second-order valence-electron chi connectivity index (χ2n) is 7.93. The maximum Gasteiger partial charge on any atom is 0.270 e. The van der Waals surface area contributed by atoms with Gasteiger partial charge in [-0.15, -0.1) is 0 Å². The summed E-state index contributed by atoms with van der Waals surface area (Å²) in [6.07, 6.45) is 4.06. The van der Waals surface area contributed by atoms with E-state index in [9.17, 15) is 18.0 Å². The van der Waals surface area contributed by atoms with Crippen molar-refractivity contribution >= 4 is 11.6 Å². The van der Waals surface area contributed by atoms with Gasteiger partial charge in [-0.3, -0.25) is 9.20 Å². The summed E-state index contributed by atoms with van der Waals surface area (Å²) in [4.78, 5) is 17.2. The third-order valence-electron chi connectivity index (χ3n) is 5.25. The number of nitrogens with zero attached hydrogens (tertiary/aromatic N) is 2. The van der Waals surface area contributed by atoms with Crippen LogP contribution in [0.3, 0.4) is 0 Å². The molecular formula is C22H27F3N4O2. The number of hydrogen-bond donors (Lipinski definition) is 2. The molecule has 6 nitrogen and oxygen atoms in total. The zero-order valence-corrected chi connectivity index (χ0v) is 17.8. The van der Waals surface area contributed by atoms with Crippen molar-refractivity contribution in [2.24, 2.45) is 5.73 Å². The molecule has 2 aromatic rings. The standard InChI is InChI=1S/C22H27F3N4O2/c1-13-6-4-7-17(23)16(13)12-31-18-8-5-9-29-19(14(2)27-20(18)29)21(30)28-15(11-26)10-22(3,24)25/h5,7-9,15H,4,6,10-12,26H2,1-3H3,(H,28,30). The van der Waals surface area contributed by atoms with Crippen molar-refractivity contribution in [3.63, 3.8) is 0 Å². The van der Waals surface area contributed by atoms with Crippen LogP contribution in [-0.4, -0.2) is 40.4 Å². The van der Waals surface area contributed by atoms with E-state index < -0.39 is 24.3 Å². The second kappa shape index (κ2) is 9.13. The molecule has 0 aliphatic heterocycles. The largest absolute Gasteiger partial charge is 0.485 e. The number of rotatable bonds is 8. The van der Waals surface area contributed by atoms with E-state index in [2.05, 4.69) is 10.3 Å². The van der Waals surface area contributed by atoms with E-state index in [-0.39, 0.29) is 24.7 Å². The van der Waals surface area contributed by atoms with Crippen LogP contribution in [0.2, 0.25) is 0 Å². The number of aryl methyl sites for hydroxylation is 1. The van der Waals surface area contributed by atoms with Gasteiger partial charge in [0.15, 0.2) is 11.4 Å². The second-order valence-corrected chi connectivity index (χ2v) is 7.93. The summed E-state index contributed by atoms with van der Waals surface area (Å²) in [6, 6.07) is 2.48. The Morgan fingerprint density at radius 3 is 2.81 bits per heavy atom. The Morgan fingerprint density at radius 2 is 2.16 bits per heavy atom. The molecule has 0 fully saturated rings. The molecule has 1 amide bonds. The summed E-state index contributed by atoms with van der Waals surface area (Å²) >= 11 is 0. The topological polar surface area (TPSA) is 81.7 Å². The molecule has 1 unspecified atom stereocenters. The maximum absolute atomic E-state index is 14.1. The van der Waals surface area contributed by atoms with E-state index in [0.717, 1.165) is 18.9 Å². The molecule has 1 atom stereocenters. The predicted octanol–water partition coefficient (Wildman–Crippen LogP) is 4.09. The van der Waals surface area contributed by atoms with E-state index >= 15 is 0 Å². The van der Waals surface area contributed by atoms with Gasteiger partial charge in [0.25, 0.3) is 5.91 Å². The van der Waals surface area contributed by atoms with Crippen molar-refractivity contribution < 1.29 is 22.7 Å². The first kappa shape index (κ1) is 22.9. The number of allylic oxidation sites excluding steroid dienone is 2. The number of alkyl halides is 2. The summed E-state index contributed by atoms with van der Waals surface area (Å²) in [5.41, 5.74) is 8.01. The Balaban J connectivity index is 1.84. The Bertz CT molecular complexity index is 1040. The molecule has 0 radical (unpaired) electrons. The normalized spacial score (nSPS) is 15.8. The van der Waals surface area contributed by atoms with Crippen LogP contribution in [0, 0.1) is 6.92 Å². The number of aromatic nitrogens is 2. The van der Waals surface area contributed by atoms with Crippen LogP contribution >= 0.6 is 0 Å². The van der Waals surface area contributed by atoms with Gasteiger partial charge in [0.05, 0.1) is 5.69 Å². The average molecular weight is 436 g/mol. The molecule has 0 aromatic carbocycles. The van der Waals surface area contributed by atoms with Gasteiger partial charge in [-0.2, -0.15) is 0 Å². The van der Waals surface area contributed by atoms with Crippen LogP contribution < -0.4 is 15.8 Å². The highest BCUT2D eigenvalue weighted by atomic mass is 19.3. The van der Waals surface area contributed by atoms with Crippen LogP contribution in [0.4, 0.5) is 13.2 Å². The molecule has 168 valence electrons. The fourth-order valence-electron chi connectivity index (χ4n) is 3.66. The van der Waals surface area contributed by atoms with E-state index in [4.69, 9.17) is 10.5 Å². The van der Waals surface area contributed by atoms with Gasteiger partial charge >= 0.3 is 0 Å². The lowest BCUT2D eigenvalue weighted by Gasteiger charge is -2.20. The zero-order valence-electron chi connectivity index (χ0n) is 17.8. The van der Waals surface area contributed by atoms with Gasteiger partial charge in [-0.05, 0) is 51.8 Å². The van der Waals surface area contributed by atoms with Crippen LogP contribution in [-0.2, 0) is 0 Å². The summed E-state index contributed by atoms with van der Waals surface area (Å²) in [5, 5.41) is 2.56. The number of carbonyl (C=O) groups is 1. The van der Waals surface area contributed by atoms with Gasteiger partial charge in [0.1, 0.15) is 18.1 Å². The molecule has 0 spiro atoms. The van der Waals surface area contributed by atoms with Gasteiger partial charge in [0, 0.05) is 30.8 Å². The number of carbonyl (C=O) groups excluding carboxylic acids is 1. The number of halogens is 3. The molecule has 0 saturated carbocycles. The van der Waals surface area contributed by atoms with Crippen molar-refractivity contribution in [1.82, 2.24) is 14.7 Å². The number of amides is 1. The quantitative estimate of drug-likeness (QED) is 0.653. The van der Waals surface area contributed by atoms with Gasteiger partial charge in [0.2, 0.25) is 5.92 Å². The van der Waals surface area contributed by atoms with E-state index in [0.29, 0.717) is 29.1 Å². The van der Waals surface area contributed by atoms with Crippen molar-refractivity contribution in [3.8, 4) is 5.75 Å². The SMILES string of the molecule is CC1=C(COc2cccn3c(C(=O)NC(CN)CC(C)(F)F)c(C)nc23)C(F)=CCC1. The first-order valence-electron chi connectivity index (χ1n) is 10.1. The highest BCUT2D eigenvalue weighted by Crippen LogP contribution is 2.28. The lowest BCUT2D eigenvalue weighted by molar-refractivity contribution is 0.00399. The number of imidazole rings is 1. The zero-order chi connectivity index (χ0) is 22.8. The monoisotopic (exact) mass is 436 g/mol. The summed E-state index contributed by atoms with van der Waals surface area (Å²) in [7, 11) is 0. The van der Waals surface area contributed by atoms with E-state index in [1.807, 2.05) is 6.92 Å². The van der Waals surface area contributed by atoms with Crippen molar-refractivity contribution in [1.29, 1.82) is 0 Å². The molecule has 0 saturated heterocycles. The Hall–Kier alpha value is -2.81. The predicted molar refractivity (Wildman–Crippen MR) is 112 cm³/mol. The summed E-state index contributed by atoms with van der Waals surface area (Å²) < 4.78 is 48.2. The average Bonchev–Trinajstić information content (AvgIpc) is 3.02. The van der Waals surface area contributed by atoms with Crippen LogP contribution in [0.1, 0.15) is 49.3 Å². The smallest absolute Gasteiger partial charge is 0.270 e. The first-order chi connectivity index (χ1) is 14.6. The minimum absolute atomic E-state index is 0.0438. The number of fused-ring (bicyclic) bond motifs is 1. The highest BCUT2D eigenvalue weighted by Gasteiger charge is 2.28. The van der Waals surface area contributed by atoms with Crippen molar-refractivity contribution in [3.05, 3.63) is 52.8 Å². The summed E-state index contributed by atoms with van der Waals surface area (Å²) in [6.45, 7) is 4.23. The molecule has 0 bridgehead atoms.